The number of halogens is 2. The summed E-state index contributed by atoms with van der Waals surface area (Å²) >= 11 is 12.0. The van der Waals surface area contributed by atoms with Crippen molar-refractivity contribution in [2.75, 3.05) is 0 Å². The Labute approximate surface area is 112 Å². The molecule has 0 aliphatic heterocycles. The van der Waals surface area contributed by atoms with Crippen molar-refractivity contribution in [1.29, 1.82) is 0 Å². The fraction of sp³-hybridized carbons (Fsp3) is 0.200. The van der Waals surface area contributed by atoms with Crippen molar-refractivity contribution in [3.63, 3.8) is 0 Å². The van der Waals surface area contributed by atoms with E-state index in [4.69, 9.17) is 28.3 Å². The minimum absolute atomic E-state index is 0.0732. The number of benzene rings is 1. The number of nitrogens with zero attached hydrogens (tertiary/aromatic N) is 4. The van der Waals surface area contributed by atoms with Crippen LogP contribution in [0.25, 0.3) is 11.4 Å². The summed E-state index contributed by atoms with van der Waals surface area (Å²) in [7, 11) is 0. The first-order valence-electron chi connectivity index (χ1n) is 5.02. The Morgan fingerprint density at radius 1 is 1.39 bits per heavy atom. The van der Waals surface area contributed by atoms with E-state index in [2.05, 4.69) is 15.5 Å². The van der Waals surface area contributed by atoms with Crippen molar-refractivity contribution in [1.82, 2.24) is 20.2 Å². The average Bonchev–Trinajstić information content (AvgIpc) is 2.78. The van der Waals surface area contributed by atoms with Gasteiger partial charge in [0.15, 0.2) is 5.82 Å². The molecule has 2 aromatic rings. The van der Waals surface area contributed by atoms with Crippen molar-refractivity contribution < 1.29 is 9.90 Å². The molecule has 0 amide bonds. The minimum Gasteiger partial charge on any atom is -0.481 e. The third-order valence-electron chi connectivity index (χ3n) is 2.26. The quantitative estimate of drug-likeness (QED) is 0.931. The van der Waals surface area contributed by atoms with Gasteiger partial charge in [0.25, 0.3) is 0 Å². The van der Waals surface area contributed by atoms with Crippen LogP contribution >= 0.6 is 23.2 Å². The number of aromatic nitrogens is 4. The largest absolute Gasteiger partial charge is 0.481 e. The zero-order valence-corrected chi connectivity index (χ0v) is 10.6. The van der Waals surface area contributed by atoms with Gasteiger partial charge in [0.1, 0.15) is 0 Å². The summed E-state index contributed by atoms with van der Waals surface area (Å²) in [5.74, 6) is -0.530. The van der Waals surface area contributed by atoms with Gasteiger partial charge in [0.05, 0.1) is 23.0 Å². The summed E-state index contributed by atoms with van der Waals surface area (Å²) in [4.78, 5) is 10.5. The lowest BCUT2D eigenvalue weighted by Crippen LogP contribution is -2.07. The monoisotopic (exact) mass is 286 g/mol. The highest BCUT2D eigenvalue weighted by Gasteiger charge is 2.14. The molecule has 0 atom stereocenters. The van der Waals surface area contributed by atoms with Crippen LogP contribution in [-0.2, 0) is 11.3 Å². The van der Waals surface area contributed by atoms with Gasteiger partial charge in [-0.05, 0) is 22.6 Å². The summed E-state index contributed by atoms with van der Waals surface area (Å²) in [6.45, 7) is 0.167. The van der Waals surface area contributed by atoms with E-state index in [1.54, 1.807) is 18.2 Å². The van der Waals surface area contributed by atoms with Crippen molar-refractivity contribution >= 4 is 29.2 Å². The first-order valence-corrected chi connectivity index (χ1v) is 5.77. The summed E-state index contributed by atoms with van der Waals surface area (Å²) in [5.41, 5.74) is 0.569. The summed E-state index contributed by atoms with van der Waals surface area (Å²) in [6.07, 6.45) is -0.0732. The van der Waals surface area contributed by atoms with Crippen LogP contribution in [0.4, 0.5) is 0 Å². The fourth-order valence-electron chi connectivity index (χ4n) is 1.43. The topological polar surface area (TPSA) is 80.9 Å². The molecule has 0 aliphatic rings. The molecule has 2 rings (SSSR count). The van der Waals surface area contributed by atoms with Crippen LogP contribution in [0.3, 0.4) is 0 Å². The van der Waals surface area contributed by atoms with Gasteiger partial charge >= 0.3 is 5.97 Å². The summed E-state index contributed by atoms with van der Waals surface area (Å²) in [6, 6.07) is 5.09. The fourth-order valence-corrected chi connectivity index (χ4v) is 1.81. The Morgan fingerprint density at radius 2 is 2.17 bits per heavy atom. The molecular weight excluding hydrogens is 279 g/mol. The maximum atomic E-state index is 10.5. The van der Waals surface area contributed by atoms with E-state index < -0.39 is 5.97 Å². The molecule has 8 heteroatoms. The second kappa shape index (κ2) is 5.32. The molecule has 0 radical (unpaired) electrons. The molecular formula is C10H8Cl2N4O2. The molecule has 18 heavy (non-hydrogen) atoms. The van der Waals surface area contributed by atoms with E-state index in [9.17, 15) is 4.79 Å². The van der Waals surface area contributed by atoms with Crippen LogP contribution in [0.5, 0.6) is 0 Å². The highest BCUT2D eigenvalue weighted by Crippen LogP contribution is 2.31. The van der Waals surface area contributed by atoms with Crippen molar-refractivity contribution in [2.24, 2.45) is 0 Å². The van der Waals surface area contributed by atoms with E-state index in [-0.39, 0.29) is 13.0 Å². The van der Waals surface area contributed by atoms with E-state index in [1.807, 2.05) is 0 Å². The first-order chi connectivity index (χ1) is 8.59. The van der Waals surface area contributed by atoms with Gasteiger partial charge in [-0.25, -0.2) is 4.68 Å². The average molecular weight is 287 g/mol. The smallest absolute Gasteiger partial charge is 0.305 e. The normalized spacial score (nSPS) is 10.6. The summed E-state index contributed by atoms with van der Waals surface area (Å²) < 4.78 is 1.38. The minimum atomic E-state index is -0.923. The van der Waals surface area contributed by atoms with Gasteiger partial charge in [-0.15, -0.1) is 5.10 Å². The number of hydrogen-bond donors (Lipinski definition) is 1. The molecule has 0 bridgehead atoms. The Kier molecular flexibility index (Phi) is 3.78. The number of aliphatic carboxylic acids is 1. The highest BCUT2D eigenvalue weighted by molar-refractivity contribution is 6.43. The number of tetrazole rings is 1. The van der Waals surface area contributed by atoms with Gasteiger partial charge in [0, 0.05) is 5.56 Å². The lowest BCUT2D eigenvalue weighted by molar-refractivity contribution is -0.137. The molecule has 1 N–H and O–H groups in total. The van der Waals surface area contributed by atoms with Crippen molar-refractivity contribution in [3.8, 4) is 11.4 Å². The molecule has 1 aromatic heterocycles. The van der Waals surface area contributed by atoms with Gasteiger partial charge < -0.3 is 5.11 Å². The van der Waals surface area contributed by atoms with Crippen molar-refractivity contribution in [3.05, 3.63) is 28.2 Å². The van der Waals surface area contributed by atoms with E-state index in [1.165, 1.54) is 4.68 Å². The van der Waals surface area contributed by atoms with E-state index >= 15 is 0 Å². The third-order valence-corrected chi connectivity index (χ3v) is 3.08. The predicted octanol–water partition coefficient (Wildman–Crippen LogP) is 2.12. The Hall–Kier alpha value is -1.66. The number of rotatable bonds is 4. The molecule has 0 saturated heterocycles. The van der Waals surface area contributed by atoms with Crippen LogP contribution in [0.15, 0.2) is 18.2 Å². The Morgan fingerprint density at radius 3 is 2.89 bits per heavy atom. The van der Waals surface area contributed by atoms with E-state index in [0.29, 0.717) is 21.4 Å². The molecule has 6 nitrogen and oxygen atoms in total. The zero-order chi connectivity index (χ0) is 13.1. The lowest BCUT2D eigenvalue weighted by atomic mass is 10.2. The second-order valence-corrected chi connectivity index (χ2v) is 4.26. The molecule has 1 heterocycles. The number of carboxylic acids is 1. The number of carbonyl (C=O) groups is 1. The number of aryl methyl sites for hydroxylation is 1. The second-order valence-electron chi connectivity index (χ2n) is 3.47. The Balaban J connectivity index is 2.36. The molecule has 94 valence electrons. The Bertz CT molecular complexity index is 585. The maximum Gasteiger partial charge on any atom is 0.305 e. The zero-order valence-electron chi connectivity index (χ0n) is 9.05. The van der Waals surface area contributed by atoms with Gasteiger partial charge in [-0.1, -0.05) is 29.3 Å². The molecule has 0 unspecified atom stereocenters. The molecule has 1 aromatic carbocycles. The van der Waals surface area contributed by atoms with Gasteiger partial charge in [-0.3, -0.25) is 4.79 Å². The highest BCUT2D eigenvalue weighted by atomic mass is 35.5. The number of carboxylic acid groups (broad SMARTS) is 1. The summed E-state index contributed by atoms with van der Waals surface area (Å²) in [5, 5.41) is 20.4. The lowest BCUT2D eigenvalue weighted by Gasteiger charge is -2.05. The van der Waals surface area contributed by atoms with Crippen LogP contribution < -0.4 is 0 Å². The predicted molar refractivity (Wildman–Crippen MR) is 65.5 cm³/mol. The van der Waals surface area contributed by atoms with Gasteiger partial charge in [-0.2, -0.15) is 0 Å². The SMILES string of the molecule is O=C(O)CCn1nnnc1-c1cccc(Cl)c1Cl. The van der Waals surface area contributed by atoms with E-state index in [0.717, 1.165) is 0 Å². The first kappa shape index (κ1) is 12.8. The molecule has 0 fully saturated rings. The van der Waals surface area contributed by atoms with Crippen LogP contribution in [-0.4, -0.2) is 31.3 Å². The molecule has 0 saturated carbocycles. The molecule has 0 aliphatic carbocycles. The third kappa shape index (κ3) is 2.60. The van der Waals surface area contributed by atoms with Gasteiger partial charge in [0.2, 0.25) is 0 Å². The van der Waals surface area contributed by atoms with Crippen LogP contribution in [0.2, 0.25) is 10.0 Å². The van der Waals surface area contributed by atoms with Crippen LogP contribution in [0, 0.1) is 0 Å². The molecule has 0 spiro atoms. The standard InChI is InChI=1S/C10H8Cl2N4O2/c11-7-3-1-2-6(9(7)12)10-13-14-15-16(10)5-4-8(17)18/h1-3H,4-5H2,(H,17,18). The maximum absolute atomic E-state index is 10.5. The number of hydrogen-bond acceptors (Lipinski definition) is 4. The van der Waals surface area contributed by atoms with Crippen LogP contribution in [0.1, 0.15) is 6.42 Å². The van der Waals surface area contributed by atoms with Crippen molar-refractivity contribution in [2.45, 2.75) is 13.0 Å².